The molecule has 2 aliphatic carbocycles. The van der Waals surface area contributed by atoms with Crippen LogP contribution in [0.1, 0.15) is 82.3 Å². The van der Waals surface area contributed by atoms with Crippen molar-refractivity contribution in [2.75, 3.05) is 33.3 Å². The van der Waals surface area contributed by atoms with Crippen LogP contribution >= 0.6 is 67.3 Å². The fraction of sp³-hybridized carbons (Fsp3) is 0.333. The zero-order valence-electron chi connectivity index (χ0n) is 27.6. The number of piperidine rings is 2. The average molecular weight is 858 g/mol. The molecular weight excluding hydrogens is 819 g/mol. The molecule has 50 heavy (non-hydrogen) atoms. The van der Waals surface area contributed by atoms with Gasteiger partial charge in [0.2, 0.25) is 0 Å². The van der Waals surface area contributed by atoms with E-state index in [2.05, 4.69) is 90.0 Å². The van der Waals surface area contributed by atoms with Gasteiger partial charge in [-0.1, -0.05) is 79.3 Å². The first-order valence-corrected chi connectivity index (χ1v) is 20.0. The average Bonchev–Trinajstić information content (AvgIpc) is 3.34. The number of hydrogen-bond acceptors (Lipinski definition) is 7. The van der Waals surface area contributed by atoms with Crippen LogP contribution in [-0.2, 0) is 9.22 Å². The summed E-state index contributed by atoms with van der Waals surface area (Å²) in [6, 6.07) is 20.8. The van der Waals surface area contributed by atoms with Crippen LogP contribution < -0.4 is 5.32 Å². The molecule has 2 aliphatic heterocycles. The van der Waals surface area contributed by atoms with Gasteiger partial charge in [-0.2, -0.15) is 0 Å². The number of halogens is 4. The molecule has 6 nitrogen and oxygen atoms in total. The third-order valence-electron chi connectivity index (χ3n) is 10.1. The molecule has 2 unspecified atom stereocenters. The maximum absolute atomic E-state index is 6.29. The Bertz CT molecular complexity index is 1900. The molecule has 4 heterocycles. The Morgan fingerprint density at radius 3 is 1.74 bits per heavy atom. The van der Waals surface area contributed by atoms with Gasteiger partial charge in [-0.3, -0.25) is 9.97 Å². The van der Waals surface area contributed by atoms with Crippen molar-refractivity contribution in [1.82, 2.24) is 19.6 Å². The van der Waals surface area contributed by atoms with Gasteiger partial charge in [0.15, 0.2) is 0 Å². The molecule has 1 N–H and O–H groups in total. The molecule has 2 fully saturated rings. The molecule has 0 spiro atoms. The summed E-state index contributed by atoms with van der Waals surface area (Å²) in [6.45, 7) is 4.07. The predicted molar refractivity (Wildman–Crippen MR) is 214 cm³/mol. The number of aromatic nitrogens is 2. The summed E-state index contributed by atoms with van der Waals surface area (Å²) in [5, 5.41) is 5.01. The van der Waals surface area contributed by atoms with Gasteiger partial charge < -0.3 is 5.32 Å². The number of nitrogens with zero attached hydrogens (tertiary/aromatic N) is 3. The quantitative estimate of drug-likeness (QED) is 0.0928. The Hall–Kier alpha value is -2.05. The Morgan fingerprint density at radius 1 is 0.740 bits per heavy atom. The second-order valence-electron chi connectivity index (χ2n) is 13.0. The lowest BCUT2D eigenvalue weighted by atomic mass is 9.76. The van der Waals surface area contributed by atoms with Gasteiger partial charge in [0.1, 0.15) is 12.2 Å². The van der Waals surface area contributed by atoms with Crippen LogP contribution in [0.15, 0.2) is 73.1 Å². The Kier molecular flexibility index (Phi) is 12.2. The van der Waals surface area contributed by atoms with Crippen LogP contribution in [0, 0.1) is 11.8 Å². The second kappa shape index (κ2) is 16.7. The monoisotopic (exact) mass is 854 g/mol. The van der Waals surface area contributed by atoms with Crippen molar-refractivity contribution in [2.24, 2.45) is 11.8 Å². The van der Waals surface area contributed by atoms with E-state index in [0.717, 1.165) is 74.9 Å². The minimum atomic E-state index is 0.246. The molecule has 2 aromatic carbocycles. The summed E-state index contributed by atoms with van der Waals surface area (Å²) in [7, 11) is 1.53. The van der Waals surface area contributed by atoms with Gasteiger partial charge in [0.25, 0.3) is 0 Å². The molecule has 0 bridgehead atoms. The van der Waals surface area contributed by atoms with E-state index in [1.165, 1.54) is 60.1 Å². The highest BCUT2D eigenvalue weighted by molar-refractivity contribution is 9.15. The minimum Gasteiger partial charge on any atom is -0.317 e. The standard InChI is InChI=1S/C20H20BrClN2O2S.C19H18BrClN2/c1-25-26-27-24-9-6-13(7-10-24)19-16-5-4-15(22)11-14(16)12-18(21)17-3-2-8-23-20(17)19;20-17-11-13-10-14(21)3-4-15(13)18(12-5-8-22-9-6-12)19-16(17)2-1-7-23-19/h2-5,8,11-13,19H,6-7,9-10H2,1H3;1-4,7,10-12,18,22H,5-6,8-9H2. The van der Waals surface area contributed by atoms with Crippen LogP contribution in [0.4, 0.5) is 0 Å². The number of rotatable bonds is 5. The summed E-state index contributed by atoms with van der Waals surface area (Å²) in [5.74, 6) is 1.68. The third kappa shape index (κ3) is 7.97. The number of pyridine rings is 2. The summed E-state index contributed by atoms with van der Waals surface area (Å²) in [4.78, 5) is 14.3. The third-order valence-corrected chi connectivity index (χ3v) is 12.7. The van der Waals surface area contributed by atoms with E-state index < -0.39 is 0 Å². The second-order valence-corrected chi connectivity index (χ2v) is 16.4. The van der Waals surface area contributed by atoms with E-state index in [1.54, 1.807) is 0 Å². The van der Waals surface area contributed by atoms with Crippen molar-refractivity contribution in [2.45, 2.75) is 37.5 Å². The van der Waals surface area contributed by atoms with Gasteiger partial charge in [0, 0.05) is 67.5 Å². The molecule has 0 amide bonds. The first kappa shape index (κ1) is 36.3. The number of fused-ring (bicyclic) bond motifs is 4. The van der Waals surface area contributed by atoms with Gasteiger partial charge in [0.05, 0.1) is 18.5 Å². The number of nitrogens with one attached hydrogen (secondary N) is 1. The lowest BCUT2D eigenvalue weighted by molar-refractivity contribution is -0.163. The van der Waals surface area contributed by atoms with Crippen molar-refractivity contribution >= 4 is 88.4 Å². The largest absolute Gasteiger partial charge is 0.317 e. The van der Waals surface area contributed by atoms with Gasteiger partial charge in [-0.25, -0.2) is 9.19 Å². The smallest absolute Gasteiger partial charge is 0.121 e. The minimum absolute atomic E-state index is 0.246. The molecule has 8 rings (SSSR count). The van der Waals surface area contributed by atoms with Crippen molar-refractivity contribution in [3.05, 3.63) is 128 Å². The molecule has 2 atom stereocenters. The zero-order valence-corrected chi connectivity index (χ0v) is 33.1. The van der Waals surface area contributed by atoms with Crippen LogP contribution in [-0.4, -0.2) is 47.6 Å². The summed E-state index contributed by atoms with van der Waals surface area (Å²) in [5.41, 5.74) is 9.69. The highest BCUT2D eigenvalue weighted by Gasteiger charge is 2.35. The van der Waals surface area contributed by atoms with E-state index in [4.69, 9.17) is 42.4 Å². The number of benzene rings is 2. The molecule has 4 aliphatic rings. The molecule has 0 radical (unpaired) electrons. The van der Waals surface area contributed by atoms with E-state index in [1.807, 2.05) is 36.7 Å². The van der Waals surface area contributed by atoms with Gasteiger partial charge in [-0.15, -0.1) is 4.33 Å². The van der Waals surface area contributed by atoms with Gasteiger partial charge in [-0.05, 0) is 121 Å². The summed E-state index contributed by atoms with van der Waals surface area (Å²) < 4.78 is 9.35. The van der Waals surface area contributed by atoms with Crippen molar-refractivity contribution in [3.63, 3.8) is 0 Å². The van der Waals surface area contributed by atoms with E-state index in [0.29, 0.717) is 17.8 Å². The van der Waals surface area contributed by atoms with Crippen LogP contribution in [0.25, 0.3) is 21.1 Å². The first-order chi connectivity index (χ1) is 24.4. The molecule has 0 saturated carbocycles. The maximum Gasteiger partial charge on any atom is 0.121 e. The zero-order chi connectivity index (χ0) is 34.6. The lowest BCUT2D eigenvalue weighted by Crippen LogP contribution is -2.32. The molecule has 2 saturated heterocycles. The van der Waals surface area contributed by atoms with Crippen molar-refractivity contribution in [1.29, 1.82) is 0 Å². The topological polar surface area (TPSA) is 59.5 Å². The molecule has 260 valence electrons. The maximum atomic E-state index is 6.29. The van der Waals surface area contributed by atoms with Crippen LogP contribution in [0.2, 0.25) is 10.0 Å². The summed E-state index contributed by atoms with van der Waals surface area (Å²) >= 11 is 21.3. The fourth-order valence-electron chi connectivity index (χ4n) is 7.85. The summed E-state index contributed by atoms with van der Waals surface area (Å²) in [6.07, 6.45) is 12.7. The lowest BCUT2D eigenvalue weighted by Gasteiger charge is -2.35. The normalized spacial score (nSPS) is 20.8. The van der Waals surface area contributed by atoms with Crippen molar-refractivity contribution < 1.29 is 9.22 Å². The van der Waals surface area contributed by atoms with E-state index >= 15 is 0 Å². The SMILES string of the molecule is COOSN1CCC(C2c3ccc(Cl)cc3C=C(Br)c3cccnc32)CC1.Clc1ccc2c(c1)C=C(Br)c1cccnc1C2C1CCNCC1. The predicted octanol–water partition coefficient (Wildman–Crippen LogP) is 11.0. The van der Waals surface area contributed by atoms with Gasteiger partial charge >= 0.3 is 0 Å². The molecule has 11 heteroatoms. The molecule has 2 aromatic heterocycles. The molecular formula is C39H38Br2Cl2N4O2S. The Labute approximate surface area is 325 Å². The van der Waals surface area contributed by atoms with Crippen LogP contribution in [0.5, 0.6) is 0 Å². The number of hydrogen-bond donors (Lipinski definition) is 1. The Balaban J connectivity index is 0.000000159. The van der Waals surface area contributed by atoms with E-state index in [9.17, 15) is 0 Å². The Morgan fingerprint density at radius 2 is 1.24 bits per heavy atom. The highest BCUT2D eigenvalue weighted by atomic mass is 79.9. The highest BCUT2D eigenvalue weighted by Crippen LogP contribution is 2.47. The first-order valence-electron chi connectivity index (χ1n) is 17.0. The van der Waals surface area contributed by atoms with E-state index in [-0.39, 0.29) is 5.92 Å². The molecule has 4 aromatic rings. The fourth-order valence-corrected chi connectivity index (χ4v) is 9.89. The van der Waals surface area contributed by atoms with Crippen molar-refractivity contribution in [3.8, 4) is 0 Å². The van der Waals surface area contributed by atoms with Crippen LogP contribution in [0.3, 0.4) is 0 Å².